The number of nitrogens with one attached hydrogen (secondary N) is 1. The molecule has 0 unspecified atom stereocenters. The van der Waals surface area contributed by atoms with Crippen LogP contribution in [-0.2, 0) is 0 Å². The zero-order chi connectivity index (χ0) is 18.8. The van der Waals surface area contributed by atoms with Gasteiger partial charge in [0.15, 0.2) is 0 Å². The van der Waals surface area contributed by atoms with Crippen molar-refractivity contribution < 1.29 is 4.74 Å². The first kappa shape index (κ1) is 18.0. The quantitative estimate of drug-likeness (QED) is 0.388. The van der Waals surface area contributed by atoms with Crippen LogP contribution >= 0.6 is 34.5 Å². The van der Waals surface area contributed by atoms with Gasteiger partial charge in [-0.3, -0.25) is 0 Å². The Kier molecular flexibility index (Phi) is 5.16. The van der Waals surface area contributed by atoms with E-state index in [4.69, 9.17) is 27.9 Å². The zero-order valence-corrected chi connectivity index (χ0v) is 16.7. The lowest BCUT2D eigenvalue weighted by molar-refractivity contribution is 0.340. The molecule has 136 valence electrons. The third kappa shape index (κ3) is 3.58. The normalized spacial score (nSPS) is 10.9. The number of aromatic nitrogens is 2. The van der Waals surface area contributed by atoms with Gasteiger partial charge in [-0.25, -0.2) is 9.97 Å². The Hall–Kier alpha value is -2.34. The topological polar surface area (TPSA) is 47.0 Å². The monoisotopic (exact) mass is 415 g/mol. The summed E-state index contributed by atoms with van der Waals surface area (Å²) in [5, 5.41) is 7.28. The minimum Gasteiger partial charge on any atom is -0.494 e. The number of hydrogen-bond donors (Lipinski definition) is 1. The summed E-state index contributed by atoms with van der Waals surface area (Å²) >= 11 is 14.0. The Labute approximate surface area is 170 Å². The number of halogens is 2. The first-order valence-corrected chi connectivity index (χ1v) is 9.97. The van der Waals surface area contributed by atoms with E-state index in [1.807, 2.05) is 43.3 Å². The van der Waals surface area contributed by atoms with Crippen LogP contribution in [0.1, 0.15) is 6.92 Å². The molecular formula is C20H15Cl2N3OS. The number of rotatable bonds is 5. The van der Waals surface area contributed by atoms with Crippen LogP contribution in [0, 0.1) is 0 Å². The number of nitrogens with zero attached hydrogens (tertiary/aromatic N) is 2. The second kappa shape index (κ2) is 7.72. The fourth-order valence-electron chi connectivity index (χ4n) is 2.81. The van der Waals surface area contributed by atoms with Crippen LogP contribution in [0.4, 0.5) is 11.5 Å². The average Bonchev–Trinajstić information content (AvgIpc) is 3.12. The van der Waals surface area contributed by atoms with E-state index < -0.39 is 0 Å². The highest BCUT2D eigenvalue weighted by Gasteiger charge is 2.15. The average molecular weight is 416 g/mol. The maximum Gasteiger partial charge on any atom is 0.143 e. The molecule has 0 fully saturated rings. The molecule has 0 aliphatic heterocycles. The Morgan fingerprint density at radius 3 is 2.67 bits per heavy atom. The van der Waals surface area contributed by atoms with Gasteiger partial charge in [0.05, 0.1) is 27.7 Å². The third-order valence-corrected chi connectivity index (χ3v) is 5.76. The van der Waals surface area contributed by atoms with E-state index in [-0.39, 0.29) is 0 Å². The lowest BCUT2D eigenvalue weighted by Crippen LogP contribution is -1.96. The molecule has 0 amide bonds. The van der Waals surface area contributed by atoms with Crippen molar-refractivity contribution in [3.05, 3.63) is 64.2 Å². The molecule has 0 spiro atoms. The molecule has 4 aromatic rings. The van der Waals surface area contributed by atoms with Gasteiger partial charge < -0.3 is 10.1 Å². The first-order chi connectivity index (χ1) is 13.2. The molecule has 0 saturated heterocycles. The largest absolute Gasteiger partial charge is 0.494 e. The summed E-state index contributed by atoms with van der Waals surface area (Å²) in [4.78, 5) is 9.73. The van der Waals surface area contributed by atoms with Crippen LogP contribution in [0.3, 0.4) is 0 Å². The molecule has 0 aliphatic carbocycles. The Balaban J connectivity index is 1.78. The summed E-state index contributed by atoms with van der Waals surface area (Å²) in [6.07, 6.45) is 1.54. The molecule has 2 heterocycles. The Bertz CT molecular complexity index is 1100. The molecule has 4 nitrogen and oxygen atoms in total. The molecule has 7 heteroatoms. The van der Waals surface area contributed by atoms with Gasteiger partial charge in [0.2, 0.25) is 0 Å². The number of fused-ring (bicyclic) bond motifs is 1. The highest BCUT2D eigenvalue weighted by molar-refractivity contribution is 7.17. The number of ether oxygens (including phenoxy) is 1. The molecule has 0 saturated carbocycles. The highest BCUT2D eigenvalue weighted by atomic mass is 35.5. The standard InChI is InChI=1S/C20H15Cl2N3OS/c1-2-26-13-8-6-12(7-9-13)14-10-27-20-17(14)19(23-11-24-20)25-16-5-3-4-15(21)18(16)22/h3-11H,2H2,1H3,(H,23,24,25). The van der Waals surface area contributed by atoms with E-state index in [1.165, 1.54) is 0 Å². The van der Waals surface area contributed by atoms with Crippen LogP contribution in [0.2, 0.25) is 10.0 Å². The van der Waals surface area contributed by atoms with E-state index >= 15 is 0 Å². The second-order valence-corrected chi connectivity index (χ2v) is 7.38. The fraction of sp³-hybridized carbons (Fsp3) is 0.100. The van der Waals surface area contributed by atoms with Crippen molar-refractivity contribution in [1.82, 2.24) is 9.97 Å². The van der Waals surface area contributed by atoms with Crippen LogP contribution in [0.25, 0.3) is 21.3 Å². The van der Waals surface area contributed by atoms with E-state index in [9.17, 15) is 0 Å². The maximum absolute atomic E-state index is 6.32. The minimum atomic E-state index is 0.462. The highest BCUT2D eigenvalue weighted by Crippen LogP contribution is 2.39. The molecule has 0 atom stereocenters. The van der Waals surface area contributed by atoms with Gasteiger partial charge in [-0.05, 0) is 36.8 Å². The van der Waals surface area contributed by atoms with E-state index in [0.29, 0.717) is 28.2 Å². The Morgan fingerprint density at radius 1 is 1.07 bits per heavy atom. The number of hydrogen-bond acceptors (Lipinski definition) is 5. The zero-order valence-electron chi connectivity index (χ0n) is 14.4. The molecule has 27 heavy (non-hydrogen) atoms. The molecular weight excluding hydrogens is 401 g/mol. The van der Waals surface area contributed by atoms with Crippen molar-refractivity contribution in [3.63, 3.8) is 0 Å². The van der Waals surface area contributed by atoms with Gasteiger partial charge in [-0.1, -0.05) is 41.4 Å². The molecule has 1 N–H and O–H groups in total. The maximum atomic E-state index is 6.32. The van der Waals surface area contributed by atoms with E-state index in [0.717, 1.165) is 27.1 Å². The van der Waals surface area contributed by atoms with Crippen LogP contribution in [0.15, 0.2) is 54.2 Å². The van der Waals surface area contributed by atoms with E-state index in [1.54, 1.807) is 23.7 Å². The first-order valence-electron chi connectivity index (χ1n) is 8.34. The summed E-state index contributed by atoms with van der Waals surface area (Å²) in [5.74, 6) is 1.54. The van der Waals surface area contributed by atoms with Crippen LogP contribution in [0.5, 0.6) is 5.75 Å². The van der Waals surface area contributed by atoms with Crippen molar-refractivity contribution in [2.75, 3.05) is 11.9 Å². The smallest absolute Gasteiger partial charge is 0.143 e. The summed E-state index contributed by atoms with van der Waals surface area (Å²) in [5.41, 5.74) is 2.83. The predicted octanol–water partition coefficient (Wildman–Crippen LogP) is 6.81. The van der Waals surface area contributed by atoms with E-state index in [2.05, 4.69) is 20.7 Å². The number of benzene rings is 2. The van der Waals surface area contributed by atoms with Gasteiger partial charge in [-0.15, -0.1) is 11.3 Å². The van der Waals surface area contributed by atoms with Crippen molar-refractivity contribution in [2.24, 2.45) is 0 Å². The van der Waals surface area contributed by atoms with Gasteiger partial charge in [-0.2, -0.15) is 0 Å². The van der Waals surface area contributed by atoms with Crippen molar-refractivity contribution in [2.45, 2.75) is 6.92 Å². The lowest BCUT2D eigenvalue weighted by atomic mass is 10.1. The molecule has 2 aromatic carbocycles. The predicted molar refractivity (Wildman–Crippen MR) is 114 cm³/mol. The van der Waals surface area contributed by atoms with Crippen molar-refractivity contribution in [3.8, 4) is 16.9 Å². The summed E-state index contributed by atoms with van der Waals surface area (Å²) in [6, 6.07) is 13.5. The molecule has 0 radical (unpaired) electrons. The molecule has 2 aromatic heterocycles. The molecule has 0 aliphatic rings. The van der Waals surface area contributed by atoms with Crippen molar-refractivity contribution in [1.29, 1.82) is 0 Å². The molecule has 4 rings (SSSR count). The summed E-state index contributed by atoms with van der Waals surface area (Å²) < 4.78 is 5.53. The van der Waals surface area contributed by atoms with Gasteiger partial charge in [0.1, 0.15) is 22.7 Å². The summed E-state index contributed by atoms with van der Waals surface area (Å²) in [6.45, 7) is 2.61. The molecule has 0 bridgehead atoms. The number of thiophene rings is 1. The van der Waals surface area contributed by atoms with Gasteiger partial charge in [0.25, 0.3) is 0 Å². The van der Waals surface area contributed by atoms with Gasteiger partial charge >= 0.3 is 0 Å². The second-order valence-electron chi connectivity index (χ2n) is 5.74. The van der Waals surface area contributed by atoms with Crippen LogP contribution < -0.4 is 10.1 Å². The third-order valence-electron chi connectivity index (χ3n) is 4.05. The minimum absolute atomic E-state index is 0.462. The Morgan fingerprint density at radius 2 is 1.89 bits per heavy atom. The van der Waals surface area contributed by atoms with Crippen LogP contribution in [-0.4, -0.2) is 16.6 Å². The summed E-state index contributed by atoms with van der Waals surface area (Å²) in [7, 11) is 0. The fourth-order valence-corrected chi connectivity index (χ4v) is 4.07. The lowest BCUT2D eigenvalue weighted by Gasteiger charge is -2.11. The number of anilines is 2. The SMILES string of the molecule is CCOc1ccc(-c2csc3ncnc(Nc4cccc(Cl)c4Cl)c23)cc1. The van der Waals surface area contributed by atoms with Gasteiger partial charge in [0, 0.05) is 10.9 Å². The van der Waals surface area contributed by atoms with Crippen molar-refractivity contribution >= 4 is 56.3 Å².